The average molecular weight is 401 g/mol. The van der Waals surface area contributed by atoms with E-state index in [1.807, 2.05) is 26.8 Å². The summed E-state index contributed by atoms with van der Waals surface area (Å²) in [6.45, 7) is 6.69. The molecule has 1 saturated heterocycles. The van der Waals surface area contributed by atoms with Gasteiger partial charge in [-0.05, 0) is 44.0 Å². The molecule has 0 bridgehead atoms. The molecule has 1 fully saturated rings. The van der Waals surface area contributed by atoms with Crippen molar-refractivity contribution in [2.45, 2.75) is 38.4 Å². The van der Waals surface area contributed by atoms with Crippen molar-refractivity contribution in [3.05, 3.63) is 44.3 Å². The number of amides is 1. The molecule has 1 aromatic carbocycles. The molecule has 142 valence electrons. The van der Waals surface area contributed by atoms with Crippen molar-refractivity contribution in [1.29, 1.82) is 0 Å². The maximum absolute atomic E-state index is 12.5. The molecule has 0 saturated carbocycles. The fraction of sp³-hybridized carbons (Fsp3) is 0.588. The number of azide groups is 1. The molecule has 1 aliphatic heterocycles. The van der Waals surface area contributed by atoms with E-state index in [2.05, 4.69) is 10.0 Å². The molecule has 0 radical (unpaired) electrons. The smallest absolute Gasteiger partial charge is 0.410 e. The van der Waals surface area contributed by atoms with Crippen LogP contribution in [0.2, 0.25) is 10.0 Å². The SMILES string of the molecule is CC(C)(C)OC(=O)N1CCO[C@H](CN=[N+]=[N-])[C@H](c2ccc(Cl)c(Cl)c2)C1. The van der Waals surface area contributed by atoms with Gasteiger partial charge in [0, 0.05) is 23.9 Å². The highest BCUT2D eigenvalue weighted by molar-refractivity contribution is 6.42. The summed E-state index contributed by atoms with van der Waals surface area (Å²) in [7, 11) is 0. The van der Waals surface area contributed by atoms with Crippen LogP contribution in [0.5, 0.6) is 0 Å². The number of carbonyl (C=O) groups is 1. The molecule has 1 aliphatic rings. The van der Waals surface area contributed by atoms with Crippen molar-refractivity contribution < 1.29 is 14.3 Å². The van der Waals surface area contributed by atoms with Gasteiger partial charge in [0.1, 0.15) is 5.60 Å². The number of carbonyl (C=O) groups excluding carboxylic acids is 1. The van der Waals surface area contributed by atoms with Crippen LogP contribution < -0.4 is 0 Å². The number of nitrogens with zero attached hydrogens (tertiary/aromatic N) is 4. The second-order valence-electron chi connectivity index (χ2n) is 7.03. The molecule has 0 aromatic heterocycles. The minimum Gasteiger partial charge on any atom is -0.444 e. The zero-order valence-electron chi connectivity index (χ0n) is 15.0. The lowest BCUT2D eigenvalue weighted by Gasteiger charge is -2.29. The van der Waals surface area contributed by atoms with Crippen LogP contribution in [-0.2, 0) is 9.47 Å². The quantitative estimate of drug-likeness (QED) is 0.405. The number of hydrogen-bond acceptors (Lipinski definition) is 4. The summed E-state index contributed by atoms with van der Waals surface area (Å²) in [4.78, 5) is 16.9. The Morgan fingerprint density at radius 1 is 1.42 bits per heavy atom. The highest BCUT2D eigenvalue weighted by atomic mass is 35.5. The third kappa shape index (κ3) is 5.68. The largest absolute Gasteiger partial charge is 0.444 e. The molecular weight excluding hydrogens is 379 g/mol. The average Bonchev–Trinajstić information content (AvgIpc) is 2.76. The summed E-state index contributed by atoms with van der Waals surface area (Å²) in [5.74, 6) is -0.231. The first-order valence-electron chi connectivity index (χ1n) is 8.26. The van der Waals surface area contributed by atoms with Gasteiger partial charge in [-0.2, -0.15) is 0 Å². The van der Waals surface area contributed by atoms with Crippen molar-refractivity contribution in [2.75, 3.05) is 26.2 Å². The Labute approximate surface area is 162 Å². The van der Waals surface area contributed by atoms with E-state index in [-0.39, 0.29) is 18.6 Å². The van der Waals surface area contributed by atoms with E-state index in [0.29, 0.717) is 29.7 Å². The lowest BCUT2D eigenvalue weighted by atomic mass is 9.92. The molecule has 2 atom stereocenters. The third-order valence-corrected chi connectivity index (χ3v) is 4.65. The third-order valence-electron chi connectivity index (χ3n) is 3.91. The first-order valence-corrected chi connectivity index (χ1v) is 9.02. The summed E-state index contributed by atoms with van der Waals surface area (Å²) < 4.78 is 11.3. The van der Waals surface area contributed by atoms with Gasteiger partial charge in [-0.15, -0.1) is 0 Å². The normalized spacial score (nSPS) is 20.9. The lowest BCUT2D eigenvalue weighted by molar-refractivity contribution is 0.0233. The van der Waals surface area contributed by atoms with Crippen molar-refractivity contribution in [3.8, 4) is 0 Å². The highest BCUT2D eigenvalue weighted by Gasteiger charge is 2.33. The van der Waals surface area contributed by atoms with Gasteiger partial charge in [0.15, 0.2) is 0 Å². The Hall–Kier alpha value is -1.66. The molecule has 1 aromatic rings. The monoisotopic (exact) mass is 400 g/mol. The Bertz CT molecular complexity index is 702. The van der Waals surface area contributed by atoms with Crippen LogP contribution in [0.15, 0.2) is 23.3 Å². The van der Waals surface area contributed by atoms with Crippen LogP contribution >= 0.6 is 23.2 Å². The van der Waals surface area contributed by atoms with Crippen LogP contribution in [-0.4, -0.2) is 48.9 Å². The Kier molecular flexibility index (Phi) is 7.01. The van der Waals surface area contributed by atoms with Gasteiger partial charge in [0.05, 0.1) is 29.3 Å². The Morgan fingerprint density at radius 3 is 2.77 bits per heavy atom. The Balaban J connectivity index is 2.30. The minimum atomic E-state index is -0.589. The zero-order chi connectivity index (χ0) is 19.3. The summed E-state index contributed by atoms with van der Waals surface area (Å²) in [5.41, 5.74) is 8.92. The summed E-state index contributed by atoms with van der Waals surface area (Å²) >= 11 is 12.2. The van der Waals surface area contributed by atoms with E-state index >= 15 is 0 Å². The van der Waals surface area contributed by atoms with Crippen molar-refractivity contribution >= 4 is 29.3 Å². The van der Waals surface area contributed by atoms with E-state index in [1.54, 1.807) is 17.0 Å². The van der Waals surface area contributed by atoms with Crippen LogP contribution in [0.4, 0.5) is 4.79 Å². The molecule has 2 rings (SSSR count). The van der Waals surface area contributed by atoms with E-state index in [4.69, 9.17) is 38.2 Å². The van der Waals surface area contributed by atoms with Crippen LogP contribution in [0, 0.1) is 0 Å². The van der Waals surface area contributed by atoms with E-state index in [1.165, 1.54) is 0 Å². The van der Waals surface area contributed by atoms with E-state index < -0.39 is 11.7 Å². The predicted molar refractivity (Wildman–Crippen MR) is 101 cm³/mol. The van der Waals surface area contributed by atoms with Crippen molar-refractivity contribution in [3.63, 3.8) is 0 Å². The molecule has 7 nitrogen and oxygen atoms in total. The van der Waals surface area contributed by atoms with Gasteiger partial charge in [-0.3, -0.25) is 0 Å². The van der Waals surface area contributed by atoms with Crippen LogP contribution in [0.25, 0.3) is 10.4 Å². The molecule has 0 unspecified atom stereocenters. The molecule has 9 heteroatoms. The summed E-state index contributed by atoms with van der Waals surface area (Å²) in [6.07, 6.45) is -0.786. The number of benzene rings is 1. The first kappa shape index (κ1) is 20.6. The number of ether oxygens (including phenoxy) is 2. The number of hydrogen-bond donors (Lipinski definition) is 0. The van der Waals surface area contributed by atoms with Crippen LogP contribution in [0.3, 0.4) is 0 Å². The molecular formula is C17H22Cl2N4O3. The molecule has 1 amide bonds. The van der Waals surface area contributed by atoms with Gasteiger partial charge in [0.2, 0.25) is 0 Å². The van der Waals surface area contributed by atoms with Gasteiger partial charge in [0.25, 0.3) is 0 Å². The van der Waals surface area contributed by atoms with Crippen molar-refractivity contribution in [1.82, 2.24) is 4.90 Å². The molecule has 1 heterocycles. The predicted octanol–water partition coefficient (Wildman–Crippen LogP) is 5.02. The summed E-state index contributed by atoms with van der Waals surface area (Å²) in [5, 5.41) is 4.51. The van der Waals surface area contributed by atoms with Crippen LogP contribution in [0.1, 0.15) is 32.3 Å². The summed E-state index contributed by atoms with van der Waals surface area (Å²) in [6, 6.07) is 5.29. The molecule has 26 heavy (non-hydrogen) atoms. The Morgan fingerprint density at radius 2 is 2.15 bits per heavy atom. The molecule has 0 aliphatic carbocycles. The standard InChI is InChI=1S/C17H22Cl2N4O3/c1-17(2,3)26-16(24)23-6-7-25-15(9-21-22-20)12(10-23)11-4-5-13(18)14(19)8-11/h4-5,8,12,15H,6-7,9-10H2,1-3H3/t12-,15+/m0/s1. The highest BCUT2D eigenvalue weighted by Crippen LogP contribution is 2.31. The maximum Gasteiger partial charge on any atom is 0.410 e. The molecule has 0 N–H and O–H groups in total. The fourth-order valence-electron chi connectivity index (χ4n) is 2.73. The van der Waals surface area contributed by atoms with Gasteiger partial charge in [-0.25, -0.2) is 4.79 Å². The maximum atomic E-state index is 12.5. The van der Waals surface area contributed by atoms with Gasteiger partial charge < -0.3 is 14.4 Å². The first-order chi connectivity index (χ1) is 12.2. The topological polar surface area (TPSA) is 87.5 Å². The van der Waals surface area contributed by atoms with Gasteiger partial charge >= 0.3 is 6.09 Å². The molecule has 0 spiro atoms. The van der Waals surface area contributed by atoms with E-state index in [9.17, 15) is 4.79 Å². The minimum absolute atomic E-state index is 0.156. The number of rotatable bonds is 3. The fourth-order valence-corrected chi connectivity index (χ4v) is 3.04. The number of halogens is 2. The lowest BCUT2D eigenvalue weighted by Crippen LogP contribution is -2.40. The van der Waals surface area contributed by atoms with Gasteiger partial charge in [-0.1, -0.05) is 34.4 Å². The second-order valence-corrected chi connectivity index (χ2v) is 7.84. The van der Waals surface area contributed by atoms with Crippen molar-refractivity contribution in [2.24, 2.45) is 5.11 Å². The van der Waals surface area contributed by atoms with E-state index in [0.717, 1.165) is 5.56 Å². The zero-order valence-corrected chi connectivity index (χ0v) is 16.5. The second kappa shape index (κ2) is 8.82.